The maximum Gasteiger partial charge on any atom is 0.115 e. The van der Waals surface area contributed by atoms with E-state index >= 15 is 0 Å². The number of rotatable bonds is 2. The summed E-state index contributed by atoms with van der Waals surface area (Å²) in [4.78, 5) is 0. The highest BCUT2D eigenvalue weighted by atomic mass is 16.3. The number of phenolic OH excluding ortho intramolecular Hbond substituents is 1. The third-order valence-corrected chi connectivity index (χ3v) is 1.41. The summed E-state index contributed by atoms with van der Waals surface area (Å²) in [7, 11) is 0. The van der Waals surface area contributed by atoms with Gasteiger partial charge in [-0.15, -0.1) is 0 Å². The molecular weight excluding hydrogens is 150 g/mol. The van der Waals surface area contributed by atoms with E-state index in [1.807, 2.05) is 12.1 Å². The zero-order valence-electron chi connectivity index (χ0n) is 6.57. The fourth-order valence-electron chi connectivity index (χ4n) is 0.833. The molecule has 1 aromatic carbocycles. The van der Waals surface area contributed by atoms with Crippen LogP contribution < -0.4 is 0 Å². The van der Waals surface area contributed by atoms with Crippen LogP contribution in [0.5, 0.6) is 5.75 Å². The van der Waals surface area contributed by atoms with E-state index in [2.05, 4.69) is 0 Å². The summed E-state index contributed by atoms with van der Waals surface area (Å²) < 4.78 is 0. The molecule has 0 aromatic heterocycles. The van der Waals surface area contributed by atoms with Gasteiger partial charge in [-0.3, -0.25) is 0 Å². The largest absolute Gasteiger partial charge is 0.508 e. The van der Waals surface area contributed by atoms with Crippen LogP contribution in [0.25, 0.3) is 6.08 Å². The molecule has 0 aliphatic rings. The third-order valence-electron chi connectivity index (χ3n) is 1.41. The van der Waals surface area contributed by atoms with E-state index in [-0.39, 0.29) is 5.75 Å². The Balaban J connectivity index is 2.66. The van der Waals surface area contributed by atoms with Gasteiger partial charge in [-0.05, 0) is 17.7 Å². The molecule has 0 unspecified atom stereocenters. The van der Waals surface area contributed by atoms with Crippen molar-refractivity contribution in [3.8, 4) is 11.8 Å². The topological polar surface area (TPSA) is 44.0 Å². The van der Waals surface area contributed by atoms with Crippen LogP contribution in [0.1, 0.15) is 12.0 Å². The lowest BCUT2D eigenvalue weighted by Crippen LogP contribution is -1.69. The Bertz CT molecular complexity index is 306. The van der Waals surface area contributed by atoms with Crippen molar-refractivity contribution >= 4 is 6.08 Å². The number of nitrogens with zero attached hydrogens (tertiary/aromatic N) is 1. The second-order valence-corrected chi connectivity index (χ2v) is 2.36. The van der Waals surface area contributed by atoms with E-state index in [0.717, 1.165) is 5.56 Å². The normalized spacial score (nSPS) is 9.92. The van der Waals surface area contributed by atoms with Gasteiger partial charge in [0.1, 0.15) is 5.75 Å². The van der Waals surface area contributed by atoms with Gasteiger partial charge in [-0.2, -0.15) is 5.26 Å². The second-order valence-electron chi connectivity index (χ2n) is 2.36. The minimum absolute atomic E-state index is 0.257. The van der Waals surface area contributed by atoms with Gasteiger partial charge in [0.25, 0.3) is 0 Å². The fourth-order valence-corrected chi connectivity index (χ4v) is 0.833. The molecule has 2 nitrogen and oxygen atoms in total. The molecule has 0 bridgehead atoms. The molecule has 0 atom stereocenters. The predicted octanol–water partition coefficient (Wildman–Crippen LogP) is 2.32. The van der Waals surface area contributed by atoms with E-state index < -0.39 is 0 Å². The van der Waals surface area contributed by atoms with E-state index in [9.17, 15) is 0 Å². The summed E-state index contributed by atoms with van der Waals surface area (Å²) in [6.07, 6.45) is 4.05. The van der Waals surface area contributed by atoms with Crippen molar-refractivity contribution in [2.24, 2.45) is 0 Å². The van der Waals surface area contributed by atoms with E-state index in [4.69, 9.17) is 10.4 Å². The van der Waals surface area contributed by atoms with Crippen LogP contribution in [0.15, 0.2) is 30.3 Å². The second kappa shape index (κ2) is 4.20. The highest BCUT2D eigenvalue weighted by molar-refractivity contribution is 5.50. The van der Waals surface area contributed by atoms with Crippen molar-refractivity contribution in [3.05, 3.63) is 35.9 Å². The van der Waals surface area contributed by atoms with Crippen LogP contribution >= 0.6 is 0 Å². The molecule has 2 heteroatoms. The first-order valence-corrected chi connectivity index (χ1v) is 3.65. The maximum absolute atomic E-state index is 8.95. The summed E-state index contributed by atoms with van der Waals surface area (Å²) in [5.41, 5.74) is 0.989. The molecule has 0 saturated heterocycles. The molecule has 0 spiro atoms. The van der Waals surface area contributed by atoms with Crippen LogP contribution in [0.4, 0.5) is 0 Å². The van der Waals surface area contributed by atoms with Crippen molar-refractivity contribution < 1.29 is 5.11 Å². The number of allylic oxidation sites excluding steroid dienone is 1. The molecule has 60 valence electrons. The Labute approximate surface area is 71.4 Å². The quantitative estimate of drug-likeness (QED) is 0.719. The van der Waals surface area contributed by atoms with E-state index in [1.54, 1.807) is 30.3 Å². The average molecular weight is 159 g/mol. The number of hydrogen-bond donors (Lipinski definition) is 1. The summed E-state index contributed by atoms with van der Waals surface area (Å²) in [6.45, 7) is 0. The lowest BCUT2D eigenvalue weighted by Gasteiger charge is -1.92. The van der Waals surface area contributed by atoms with E-state index in [0.29, 0.717) is 6.42 Å². The predicted molar refractivity (Wildman–Crippen MR) is 47.4 cm³/mol. The van der Waals surface area contributed by atoms with Gasteiger partial charge in [0.05, 0.1) is 12.5 Å². The number of aromatic hydroxyl groups is 1. The highest BCUT2D eigenvalue weighted by Crippen LogP contribution is 2.10. The summed E-state index contributed by atoms with van der Waals surface area (Å²) in [5.74, 6) is 0.257. The van der Waals surface area contributed by atoms with Gasteiger partial charge in [0.15, 0.2) is 0 Å². The first kappa shape index (κ1) is 8.35. The van der Waals surface area contributed by atoms with Crippen LogP contribution in [0, 0.1) is 11.3 Å². The Morgan fingerprint density at radius 1 is 1.33 bits per heavy atom. The third kappa shape index (κ3) is 2.47. The van der Waals surface area contributed by atoms with Gasteiger partial charge in [0.2, 0.25) is 0 Å². The van der Waals surface area contributed by atoms with Crippen LogP contribution in [0.2, 0.25) is 0 Å². The molecule has 0 heterocycles. The minimum atomic E-state index is 0.257. The lowest BCUT2D eigenvalue weighted by molar-refractivity contribution is 0.475. The standard InChI is InChI=1S/C10H9NO/c11-8-2-1-3-9-4-6-10(12)7-5-9/h1,3-7,12H,2H2. The molecule has 0 aliphatic heterocycles. The highest BCUT2D eigenvalue weighted by Gasteiger charge is 1.86. The number of hydrogen-bond acceptors (Lipinski definition) is 2. The maximum atomic E-state index is 8.95. The smallest absolute Gasteiger partial charge is 0.115 e. The molecule has 1 N–H and O–H groups in total. The van der Waals surface area contributed by atoms with Crippen molar-refractivity contribution in [2.45, 2.75) is 6.42 Å². The Morgan fingerprint density at radius 3 is 2.58 bits per heavy atom. The van der Waals surface area contributed by atoms with Gasteiger partial charge < -0.3 is 5.11 Å². The summed E-state index contributed by atoms with van der Waals surface area (Å²) in [5, 5.41) is 17.2. The van der Waals surface area contributed by atoms with Gasteiger partial charge in [0, 0.05) is 0 Å². The SMILES string of the molecule is N#CCC=Cc1ccc(O)cc1. The van der Waals surface area contributed by atoms with Crippen molar-refractivity contribution in [1.82, 2.24) is 0 Å². The Kier molecular flexibility index (Phi) is 2.92. The van der Waals surface area contributed by atoms with Gasteiger partial charge in [-0.25, -0.2) is 0 Å². The summed E-state index contributed by atoms with van der Waals surface area (Å²) >= 11 is 0. The molecule has 0 saturated carbocycles. The zero-order valence-corrected chi connectivity index (χ0v) is 6.57. The molecular formula is C10H9NO. The van der Waals surface area contributed by atoms with Gasteiger partial charge in [-0.1, -0.05) is 24.3 Å². The molecule has 0 amide bonds. The Morgan fingerprint density at radius 2 is 2.00 bits per heavy atom. The zero-order chi connectivity index (χ0) is 8.81. The van der Waals surface area contributed by atoms with E-state index in [1.165, 1.54) is 0 Å². The molecule has 1 aromatic rings. The van der Waals surface area contributed by atoms with Crippen LogP contribution in [0.3, 0.4) is 0 Å². The molecule has 0 aliphatic carbocycles. The Hall–Kier alpha value is -1.75. The average Bonchev–Trinajstić information content (AvgIpc) is 2.09. The fraction of sp³-hybridized carbons (Fsp3) is 0.100. The monoisotopic (exact) mass is 159 g/mol. The van der Waals surface area contributed by atoms with Gasteiger partial charge >= 0.3 is 0 Å². The first-order valence-electron chi connectivity index (χ1n) is 3.65. The molecule has 0 fully saturated rings. The summed E-state index contributed by atoms with van der Waals surface area (Å²) in [6, 6.07) is 8.84. The van der Waals surface area contributed by atoms with Crippen molar-refractivity contribution in [1.29, 1.82) is 5.26 Å². The van der Waals surface area contributed by atoms with Crippen molar-refractivity contribution in [3.63, 3.8) is 0 Å². The van der Waals surface area contributed by atoms with Crippen LogP contribution in [-0.4, -0.2) is 5.11 Å². The number of phenols is 1. The molecule has 1 rings (SSSR count). The minimum Gasteiger partial charge on any atom is -0.508 e. The molecule has 0 radical (unpaired) electrons. The molecule has 12 heavy (non-hydrogen) atoms. The number of benzene rings is 1. The first-order chi connectivity index (χ1) is 5.83. The van der Waals surface area contributed by atoms with Crippen molar-refractivity contribution in [2.75, 3.05) is 0 Å². The number of nitriles is 1. The van der Waals surface area contributed by atoms with Crippen LogP contribution in [-0.2, 0) is 0 Å². The lowest BCUT2D eigenvalue weighted by atomic mass is 10.2.